The van der Waals surface area contributed by atoms with Gasteiger partial charge in [-0.25, -0.2) is 0 Å². The Kier molecular flexibility index (Phi) is 3.00. The van der Waals surface area contributed by atoms with Crippen molar-refractivity contribution < 1.29 is 13.2 Å². The molecule has 18 heavy (non-hydrogen) atoms. The predicted octanol–water partition coefficient (Wildman–Crippen LogP) is 3.08. The molecule has 0 radical (unpaired) electrons. The number of hydrogen-bond acceptors (Lipinski definition) is 2. The van der Waals surface area contributed by atoms with E-state index < -0.39 is 23.6 Å². The van der Waals surface area contributed by atoms with Crippen molar-refractivity contribution >= 4 is 0 Å². The second kappa shape index (κ2) is 4.34. The first-order valence-electron chi connectivity index (χ1n) is 5.44. The lowest BCUT2D eigenvalue weighted by Crippen LogP contribution is -2.23. The maximum absolute atomic E-state index is 12.6. The van der Waals surface area contributed by atoms with Crippen LogP contribution in [0.25, 0.3) is 0 Å². The van der Waals surface area contributed by atoms with Crippen molar-refractivity contribution in [2.24, 2.45) is 11.8 Å². The largest absolute Gasteiger partial charge is 0.416 e. The number of hydrogen-bond donors (Lipinski definition) is 0. The minimum atomic E-state index is -4.37. The van der Waals surface area contributed by atoms with Crippen LogP contribution in [0.15, 0.2) is 18.2 Å². The zero-order chi connectivity index (χ0) is 13.3. The molecule has 2 unspecified atom stereocenters. The van der Waals surface area contributed by atoms with E-state index in [-0.39, 0.29) is 6.42 Å². The molecule has 1 aliphatic rings. The third-order valence-electron chi connectivity index (χ3n) is 3.23. The normalized spacial score (nSPS) is 22.7. The van der Waals surface area contributed by atoms with Gasteiger partial charge in [-0.15, -0.1) is 0 Å². The third kappa shape index (κ3) is 2.17. The Morgan fingerprint density at radius 1 is 1.00 bits per heavy atom. The van der Waals surface area contributed by atoms with Crippen LogP contribution in [0.1, 0.15) is 16.7 Å². The monoisotopic (exact) mass is 250 g/mol. The number of alkyl halides is 3. The Balaban J connectivity index is 2.40. The lowest BCUT2D eigenvalue weighted by atomic mass is 9.77. The Bertz CT molecular complexity index is 549. The summed E-state index contributed by atoms with van der Waals surface area (Å²) in [6.45, 7) is 0. The minimum Gasteiger partial charge on any atom is -0.198 e. The fourth-order valence-electron chi connectivity index (χ4n) is 2.22. The fourth-order valence-corrected chi connectivity index (χ4v) is 2.22. The summed E-state index contributed by atoms with van der Waals surface area (Å²) in [6.07, 6.45) is -3.81. The Labute approximate surface area is 102 Å². The summed E-state index contributed by atoms with van der Waals surface area (Å²) in [6, 6.07) is 7.58. The van der Waals surface area contributed by atoms with Crippen LogP contribution in [-0.2, 0) is 19.0 Å². The number of halogens is 3. The molecule has 5 heteroatoms. The van der Waals surface area contributed by atoms with E-state index in [0.717, 1.165) is 17.7 Å². The fraction of sp³-hybridized carbons (Fsp3) is 0.385. The summed E-state index contributed by atoms with van der Waals surface area (Å²) in [5.74, 6) is -0.953. The van der Waals surface area contributed by atoms with Crippen molar-refractivity contribution in [3.63, 3.8) is 0 Å². The van der Waals surface area contributed by atoms with Crippen molar-refractivity contribution in [2.75, 3.05) is 0 Å². The van der Waals surface area contributed by atoms with Gasteiger partial charge in [-0.2, -0.15) is 23.7 Å². The SMILES string of the molecule is N#CC1Cc2ccc(C(F)(F)F)cc2CC1C#N. The first-order valence-corrected chi connectivity index (χ1v) is 5.44. The molecule has 0 N–H and O–H groups in total. The molecular formula is C13H9F3N2. The predicted molar refractivity (Wildman–Crippen MR) is 57.1 cm³/mol. The highest BCUT2D eigenvalue weighted by atomic mass is 19.4. The van der Waals surface area contributed by atoms with E-state index in [4.69, 9.17) is 10.5 Å². The number of nitriles is 2. The number of nitrogens with zero attached hydrogens (tertiary/aromatic N) is 2. The molecule has 0 saturated heterocycles. The summed E-state index contributed by atoms with van der Waals surface area (Å²) in [7, 11) is 0. The van der Waals surface area contributed by atoms with Gasteiger partial charge >= 0.3 is 6.18 Å². The topological polar surface area (TPSA) is 47.6 Å². The molecule has 0 amide bonds. The van der Waals surface area contributed by atoms with Crippen molar-refractivity contribution in [1.82, 2.24) is 0 Å². The van der Waals surface area contributed by atoms with Gasteiger partial charge in [-0.1, -0.05) is 6.07 Å². The summed E-state index contributed by atoms with van der Waals surface area (Å²) in [5, 5.41) is 17.8. The molecule has 1 aromatic carbocycles. The smallest absolute Gasteiger partial charge is 0.198 e. The summed E-state index contributed by atoms with van der Waals surface area (Å²) >= 11 is 0. The van der Waals surface area contributed by atoms with Crippen molar-refractivity contribution in [3.05, 3.63) is 34.9 Å². The molecule has 0 spiro atoms. The minimum absolute atomic E-state index is 0.216. The van der Waals surface area contributed by atoms with Crippen LogP contribution in [0, 0.1) is 34.5 Å². The highest BCUT2D eigenvalue weighted by Crippen LogP contribution is 2.35. The highest BCUT2D eigenvalue weighted by Gasteiger charge is 2.34. The van der Waals surface area contributed by atoms with Gasteiger partial charge in [0.15, 0.2) is 0 Å². The quantitative estimate of drug-likeness (QED) is 0.710. The average molecular weight is 250 g/mol. The molecule has 1 aliphatic carbocycles. The Hall–Kier alpha value is -2.01. The number of fused-ring (bicyclic) bond motifs is 1. The van der Waals surface area contributed by atoms with E-state index in [9.17, 15) is 13.2 Å². The van der Waals surface area contributed by atoms with Crippen LogP contribution >= 0.6 is 0 Å². The van der Waals surface area contributed by atoms with Crippen LogP contribution < -0.4 is 0 Å². The second-order valence-electron chi connectivity index (χ2n) is 4.36. The van der Waals surface area contributed by atoms with Crippen LogP contribution in [0.5, 0.6) is 0 Å². The number of benzene rings is 1. The lowest BCUT2D eigenvalue weighted by Gasteiger charge is -2.25. The summed E-state index contributed by atoms with van der Waals surface area (Å²) in [5.41, 5.74) is 0.567. The van der Waals surface area contributed by atoms with Crippen LogP contribution in [-0.4, -0.2) is 0 Å². The molecule has 92 valence electrons. The highest BCUT2D eigenvalue weighted by molar-refractivity contribution is 5.37. The van der Waals surface area contributed by atoms with Gasteiger partial charge in [0.2, 0.25) is 0 Å². The average Bonchev–Trinajstić information content (AvgIpc) is 2.35. The Morgan fingerprint density at radius 2 is 1.56 bits per heavy atom. The van der Waals surface area contributed by atoms with Gasteiger partial charge in [-0.05, 0) is 36.1 Å². The maximum Gasteiger partial charge on any atom is 0.416 e. The maximum atomic E-state index is 12.6. The number of rotatable bonds is 0. The van der Waals surface area contributed by atoms with Crippen LogP contribution in [0.3, 0.4) is 0 Å². The molecular weight excluding hydrogens is 241 g/mol. The molecule has 2 nitrogen and oxygen atoms in total. The molecule has 2 rings (SSSR count). The summed E-state index contributed by atoms with van der Waals surface area (Å²) < 4.78 is 37.7. The van der Waals surface area contributed by atoms with E-state index in [2.05, 4.69) is 0 Å². The third-order valence-corrected chi connectivity index (χ3v) is 3.23. The molecule has 0 bridgehead atoms. The van der Waals surface area contributed by atoms with E-state index in [1.165, 1.54) is 6.07 Å². The van der Waals surface area contributed by atoms with Crippen LogP contribution in [0.2, 0.25) is 0 Å². The second-order valence-corrected chi connectivity index (χ2v) is 4.36. The van der Waals surface area contributed by atoms with Gasteiger partial charge in [0, 0.05) is 0 Å². The first kappa shape index (κ1) is 12.4. The van der Waals surface area contributed by atoms with Gasteiger partial charge < -0.3 is 0 Å². The molecule has 0 saturated carbocycles. The van der Waals surface area contributed by atoms with E-state index >= 15 is 0 Å². The zero-order valence-corrected chi connectivity index (χ0v) is 9.33. The van der Waals surface area contributed by atoms with Crippen LogP contribution in [0.4, 0.5) is 13.2 Å². The molecule has 2 atom stereocenters. The molecule has 0 heterocycles. The molecule has 0 fully saturated rings. The zero-order valence-electron chi connectivity index (χ0n) is 9.33. The first-order chi connectivity index (χ1) is 8.45. The molecule has 0 aliphatic heterocycles. The van der Waals surface area contributed by atoms with Gasteiger partial charge in [0.05, 0.1) is 29.5 Å². The van der Waals surface area contributed by atoms with Crippen molar-refractivity contribution in [1.29, 1.82) is 10.5 Å². The lowest BCUT2D eigenvalue weighted by molar-refractivity contribution is -0.137. The summed E-state index contributed by atoms with van der Waals surface area (Å²) in [4.78, 5) is 0. The molecule has 1 aromatic rings. The van der Waals surface area contributed by atoms with Crippen molar-refractivity contribution in [3.8, 4) is 12.1 Å². The van der Waals surface area contributed by atoms with Gasteiger partial charge in [0.1, 0.15) is 0 Å². The van der Waals surface area contributed by atoms with E-state index in [1.54, 1.807) is 0 Å². The Morgan fingerprint density at radius 3 is 2.06 bits per heavy atom. The van der Waals surface area contributed by atoms with E-state index in [0.29, 0.717) is 12.0 Å². The van der Waals surface area contributed by atoms with Crippen molar-refractivity contribution in [2.45, 2.75) is 19.0 Å². The molecule has 0 aromatic heterocycles. The van der Waals surface area contributed by atoms with Gasteiger partial charge in [0.25, 0.3) is 0 Å². The van der Waals surface area contributed by atoms with Gasteiger partial charge in [-0.3, -0.25) is 0 Å². The van der Waals surface area contributed by atoms with E-state index in [1.807, 2.05) is 12.1 Å². The standard InChI is InChI=1S/C13H9F3N2/c14-13(15,16)12-2-1-8-3-10(6-17)11(7-18)4-9(8)5-12/h1-2,5,10-11H,3-4H2.